The van der Waals surface area contributed by atoms with E-state index in [1.807, 2.05) is 58.9 Å². The van der Waals surface area contributed by atoms with Crippen molar-refractivity contribution in [2.45, 2.75) is 65.7 Å². The van der Waals surface area contributed by atoms with Crippen molar-refractivity contribution in [2.24, 2.45) is 0 Å². The molecule has 1 heterocycles. The van der Waals surface area contributed by atoms with Gasteiger partial charge < -0.3 is 14.8 Å². The fraction of sp³-hybridized carbons (Fsp3) is 0.435. The van der Waals surface area contributed by atoms with Gasteiger partial charge in [-0.15, -0.1) is 0 Å². The van der Waals surface area contributed by atoms with Crippen LogP contribution in [0.25, 0.3) is 0 Å². The van der Waals surface area contributed by atoms with Gasteiger partial charge in [0.15, 0.2) is 6.10 Å². The van der Waals surface area contributed by atoms with Crippen molar-refractivity contribution in [3.05, 3.63) is 58.7 Å². The largest absolute Gasteiger partial charge is 0.487 e. The molecule has 0 aliphatic carbocycles. The Morgan fingerprint density at radius 3 is 2.52 bits per heavy atom. The smallest absolute Gasteiger partial charge is 0.261 e. The Morgan fingerprint density at radius 1 is 1.15 bits per heavy atom. The van der Waals surface area contributed by atoms with Crippen molar-refractivity contribution < 1.29 is 14.3 Å². The lowest BCUT2D eigenvalue weighted by Gasteiger charge is -2.38. The summed E-state index contributed by atoms with van der Waals surface area (Å²) in [5.74, 6) is 1.46. The summed E-state index contributed by atoms with van der Waals surface area (Å²) in [4.78, 5) is 12.8. The van der Waals surface area contributed by atoms with Crippen molar-refractivity contribution in [1.82, 2.24) is 5.32 Å². The van der Waals surface area contributed by atoms with Gasteiger partial charge in [0.25, 0.3) is 5.91 Å². The third-order valence-electron chi connectivity index (χ3n) is 4.94. The number of rotatable bonds is 4. The van der Waals surface area contributed by atoms with E-state index in [1.165, 1.54) is 5.56 Å². The van der Waals surface area contributed by atoms with Crippen LogP contribution in [0.3, 0.4) is 0 Å². The van der Waals surface area contributed by atoms with Crippen LogP contribution in [0.1, 0.15) is 55.5 Å². The van der Waals surface area contributed by atoms with E-state index < -0.39 is 6.10 Å². The first-order valence-corrected chi connectivity index (χ1v) is 9.48. The van der Waals surface area contributed by atoms with Crippen LogP contribution >= 0.6 is 0 Å². The van der Waals surface area contributed by atoms with Crippen LogP contribution in [0.4, 0.5) is 0 Å². The first-order valence-electron chi connectivity index (χ1n) is 9.48. The van der Waals surface area contributed by atoms with Gasteiger partial charge in [0.2, 0.25) is 0 Å². The fourth-order valence-electron chi connectivity index (χ4n) is 3.57. The molecule has 2 aromatic rings. The van der Waals surface area contributed by atoms with Gasteiger partial charge in [0.05, 0.1) is 6.04 Å². The summed E-state index contributed by atoms with van der Waals surface area (Å²) in [6.45, 7) is 12.0. The molecule has 0 bridgehead atoms. The van der Waals surface area contributed by atoms with Gasteiger partial charge in [-0.25, -0.2) is 0 Å². The Labute approximate surface area is 161 Å². The zero-order chi connectivity index (χ0) is 19.8. The van der Waals surface area contributed by atoms with Crippen LogP contribution in [-0.2, 0) is 4.79 Å². The molecule has 0 radical (unpaired) electrons. The Morgan fingerprint density at radius 2 is 1.81 bits per heavy atom. The van der Waals surface area contributed by atoms with E-state index in [9.17, 15) is 4.79 Å². The third kappa shape index (κ3) is 4.44. The topological polar surface area (TPSA) is 47.6 Å². The average molecular weight is 367 g/mol. The number of amides is 1. The van der Waals surface area contributed by atoms with Crippen LogP contribution in [-0.4, -0.2) is 17.6 Å². The number of benzene rings is 2. The molecule has 2 aromatic carbocycles. The normalized spacial score (nSPS) is 18.8. The average Bonchev–Trinajstić information content (AvgIpc) is 2.57. The molecular formula is C23H29NO3. The van der Waals surface area contributed by atoms with E-state index in [2.05, 4.69) is 17.4 Å². The van der Waals surface area contributed by atoms with Gasteiger partial charge in [-0.05, 0) is 59.2 Å². The first-order chi connectivity index (χ1) is 12.6. The van der Waals surface area contributed by atoms with Gasteiger partial charge in [-0.2, -0.15) is 0 Å². The highest BCUT2D eigenvalue weighted by Gasteiger charge is 2.35. The second kappa shape index (κ2) is 7.26. The minimum Gasteiger partial charge on any atom is -0.487 e. The van der Waals surface area contributed by atoms with Gasteiger partial charge in [-0.1, -0.05) is 35.4 Å². The van der Waals surface area contributed by atoms with Crippen molar-refractivity contribution in [2.75, 3.05) is 0 Å². The number of fused-ring (bicyclic) bond motifs is 1. The zero-order valence-electron chi connectivity index (χ0n) is 17.1. The van der Waals surface area contributed by atoms with E-state index in [0.29, 0.717) is 6.42 Å². The molecule has 0 unspecified atom stereocenters. The highest BCUT2D eigenvalue weighted by molar-refractivity contribution is 5.81. The van der Waals surface area contributed by atoms with Crippen LogP contribution < -0.4 is 14.8 Å². The number of hydrogen-bond donors (Lipinski definition) is 1. The van der Waals surface area contributed by atoms with E-state index in [4.69, 9.17) is 9.47 Å². The van der Waals surface area contributed by atoms with Crippen LogP contribution in [0.2, 0.25) is 0 Å². The minimum absolute atomic E-state index is 0.0960. The van der Waals surface area contributed by atoms with Crippen LogP contribution in [0.15, 0.2) is 36.4 Å². The monoisotopic (exact) mass is 367 g/mol. The van der Waals surface area contributed by atoms with Crippen LogP contribution in [0.5, 0.6) is 11.5 Å². The molecule has 1 aliphatic rings. The fourth-order valence-corrected chi connectivity index (χ4v) is 3.57. The molecule has 4 nitrogen and oxygen atoms in total. The van der Waals surface area contributed by atoms with Crippen molar-refractivity contribution in [1.29, 1.82) is 0 Å². The molecule has 0 saturated carbocycles. The third-order valence-corrected chi connectivity index (χ3v) is 4.94. The Hall–Kier alpha value is -2.49. The molecular weight excluding hydrogens is 338 g/mol. The van der Waals surface area contributed by atoms with E-state index in [1.54, 1.807) is 6.92 Å². The lowest BCUT2D eigenvalue weighted by atomic mass is 9.89. The molecule has 0 spiro atoms. The van der Waals surface area contributed by atoms with E-state index in [-0.39, 0.29) is 17.6 Å². The zero-order valence-corrected chi connectivity index (χ0v) is 17.1. The van der Waals surface area contributed by atoms with E-state index in [0.717, 1.165) is 28.2 Å². The summed E-state index contributed by atoms with van der Waals surface area (Å²) < 4.78 is 12.0. The molecule has 0 aromatic heterocycles. The predicted octanol–water partition coefficient (Wildman–Crippen LogP) is 4.80. The van der Waals surface area contributed by atoms with Crippen LogP contribution in [0, 0.1) is 20.8 Å². The quantitative estimate of drug-likeness (QED) is 0.844. The maximum Gasteiger partial charge on any atom is 0.261 e. The lowest BCUT2D eigenvalue weighted by Crippen LogP contribution is -2.44. The Kier molecular flexibility index (Phi) is 5.18. The number of hydrogen-bond acceptors (Lipinski definition) is 3. The molecule has 0 saturated heterocycles. The summed E-state index contributed by atoms with van der Waals surface area (Å²) in [7, 11) is 0. The molecule has 144 valence electrons. The predicted molar refractivity (Wildman–Crippen MR) is 107 cm³/mol. The number of aryl methyl sites for hydroxylation is 3. The summed E-state index contributed by atoms with van der Waals surface area (Å²) in [6, 6.07) is 12.0. The molecule has 0 fully saturated rings. The molecule has 27 heavy (non-hydrogen) atoms. The summed E-state index contributed by atoms with van der Waals surface area (Å²) in [5.41, 5.74) is 4.05. The number of ether oxygens (including phenoxy) is 2. The summed E-state index contributed by atoms with van der Waals surface area (Å²) in [5, 5.41) is 3.16. The highest BCUT2D eigenvalue weighted by atomic mass is 16.5. The number of carbonyl (C=O) groups excluding carboxylic acids is 1. The summed E-state index contributed by atoms with van der Waals surface area (Å²) in [6.07, 6.45) is 0.136. The molecule has 1 amide bonds. The van der Waals surface area contributed by atoms with Crippen molar-refractivity contribution >= 4 is 5.91 Å². The van der Waals surface area contributed by atoms with Gasteiger partial charge in [-0.3, -0.25) is 4.79 Å². The second-order valence-electron chi connectivity index (χ2n) is 8.20. The SMILES string of the molecule is Cc1ccc(O[C@@H](C)C(=O)N[C@@H]2CC(C)(C)Oc3ccc(C)cc32)c(C)c1. The van der Waals surface area contributed by atoms with E-state index >= 15 is 0 Å². The van der Waals surface area contributed by atoms with Gasteiger partial charge in [0.1, 0.15) is 17.1 Å². The molecule has 1 N–H and O–H groups in total. The maximum atomic E-state index is 12.8. The molecule has 2 atom stereocenters. The summed E-state index contributed by atoms with van der Waals surface area (Å²) >= 11 is 0. The van der Waals surface area contributed by atoms with Crippen molar-refractivity contribution in [3.8, 4) is 11.5 Å². The molecule has 3 rings (SSSR count). The number of nitrogens with one attached hydrogen (secondary N) is 1. The highest BCUT2D eigenvalue weighted by Crippen LogP contribution is 2.39. The molecule has 1 aliphatic heterocycles. The number of carbonyl (C=O) groups is 1. The van der Waals surface area contributed by atoms with Gasteiger partial charge >= 0.3 is 0 Å². The lowest BCUT2D eigenvalue weighted by molar-refractivity contribution is -0.128. The van der Waals surface area contributed by atoms with Crippen molar-refractivity contribution in [3.63, 3.8) is 0 Å². The van der Waals surface area contributed by atoms with Gasteiger partial charge in [0, 0.05) is 12.0 Å². The molecule has 4 heteroatoms. The second-order valence-corrected chi connectivity index (χ2v) is 8.20. The Bertz CT molecular complexity index is 857. The standard InChI is InChI=1S/C23H29NO3/c1-14-7-9-20(16(3)11-14)26-17(4)22(25)24-19-13-23(5,6)27-21-10-8-15(2)12-18(19)21/h7-12,17,19H,13H2,1-6H3,(H,24,25)/t17-,19+/m0/s1. The maximum absolute atomic E-state index is 12.8. The Balaban J connectivity index is 1.76. The first kappa shape index (κ1) is 19.3. The minimum atomic E-state index is -0.578.